The SMILES string of the molecule is CCNC(C)CS(=O)(=O)c1ccc(C(F)(F)F)cc1. The monoisotopic (exact) mass is 295 g/mol. The summed E-state index contributed by atoms with van der Waals surface area (Å²) in [6, 6.07) is 3.31. The molecule has 0 aliphatic rings. The van der Waals surface area contributed by atoms with E-state index in [9.17, 15) is 21.6 Å². The molecular weight excluding hydrogens is 279 g/mol. The van der Waals surface area contributed by atoms with Gasteiger partial charge in [0, 0.05) is 6.04 Å². The van der Waals surface area contributed by atoms with E-state index in [0.717, 1.165) is 24.3 Å². The van der Waals surface area contributed by atoms with E-state index >= 15 is 0 Å². The zero-order chi connectivity index (χ0) is 14.7. The Hall–Kier alpha value is -1.08. The molecule has 0 fully saturated rings. The number of sulfone groups is 1. The zero-order valence-electron chi connectivity index (χ0n) is 10.7. The second-order valence-electron chi connectivity index (χ2n) is 4.26. The van der Waals surface area contributed by atoms with Gasteiger partial charge in [0.15, 0.2) is 9.84 Å². The van der Waals surface area contributed by atoms with Gasteiger partial charge in [-0.15, -0.1) is 0 Å². The van der Waals surface area contributed by atoms with Crippen molar-refractivity contribution >= 4 is 9.84 Å². The second kappa shape index (κ2) is 5.92. The lowest BCUT2D eigenvalue weighted by atomic mass is 10.2. The summed E-state index contributed by atoms with van der Waals surface area (Å²) in [4.78, 5) is -0.0924. The number of hydrogen-bond donors (Lipinski definition) is 1. The van der Waals surface area contributed by atoms with Crippen molar-refractivity contribution in [2.24, 2.45) is 0 Å². The van der Waals surface area contributed by atoms with Crippen molar-refractivity contribution in [1.29, 1.82) is 0 Å². The minimum Gasteiger partial charge on any atom is -0.314 e. The van der Waals surface area contributed by atoms with Gasteiger partial charge < -0.3 is 5.32 Å². The number of hydrogen-bond acceptors (Lipinski definition) is 3. The average molecular weight is 295 g/mol. The van der Waals surface area contributed by atoms with Crippen LogP contribution in [0.5, 0.6) is 0 Å². The lowest BCUT2D eigenvalue weighted by Crippen LogP contribution is -2.32. The first-order chi connectivity index (χ1) is 8.66. The van der Waals surface area contributed by atoms with Crippen molar-refractivity contribution < 1.29 is 21.6 Å². The first kappa shape index (κ1) is 16.0. The highest BCUT2D eigenvalue weighted by Crippen LogP contribution is 2.29. The maximum Gasteiger partial charge on any atom is 0.416 e. The summed E-state index contributed by atoms with van der Waals surface area (Å²) >= 11 is 0. The molecule has 0 spiro atoms. The van der Waals surface area contributed by atoms with Crippen molar-refractivity contribution in [3.63, 3.8) is 0 Å². The molecule has 0 radical (unpaired) electrons. The van der Waals surface area contributed by atoms with Gasteiger partial charge in [0.25, 0.3) is 0 Å². The zero-order valence-corrected chi connectivity index (χ0v) is 11.5. The molecular formula is C12H16F3NO2S. The normalized spacial score (nSPS) is 14.4. The van der Waals surface area contributed by atoms with E-state index in [0.29, 0.717) is 6.54 Å². The molecule has 0 bridgehead atoms. The Balaban J connectivity index is 2.91. The molecule has 1 N–H and O–H groups in total. The summed E-state index contributed by atoms with van der Waals surface area (Å²) in [5, 5.41) is 2.95. The van der Waals surface area contributed by atoms with Crippen LogP contribution in [0.25, 0.3) is 0 Å². The largest absolute Gasteiger partial charge is 0.416 e. The third-order valence-corrected chi connectivity index (χ3v) is 4.49. The molecule has 0 aliphatic carbocycles. The molecule has 1 unspecified atom stereocenters. The quantitative estimate of drug-likeness (QED) is 0.907. The topological polar surface area (TPSA) is 46.2 Å². The molecule has 0 amide bonds. The maximum absolute atomic E-state index is 12.4. The maximum atomic E-state index is 12.4. The van der Waals surface area contributed by atoms with Crippen LogP contribution in [0, 0.1) is 0 Å². The van der Waals surface area contributed by atoms with Gasteiger partial charge in [0.05, 0.1) is 16.2 Å². The van der Waals surface area contributed by atoms with Crippen LogP contribution in [0.2, 0.25) is 0 Å². The Morgan fingerprint density at radius 1 is 1.21 bits per heavy atom. The second-order valence-corrected chi connectivity index (χ2v) is 6.30. The van der Waals surface area contributed by atoms with E-state index in [1.807, 2.05) is 6.92 Å². The van der Waals surface area contributed by atoms with Crippen LogP contribution in [0.1, 0.15) is 19.4 Å². The third-order valence-electron chi connectivity index (χ3n) is 2.56. The van der Waals surface area contributed by atoms with Crippen LogP contribution >= 0.6 is 0 Å². The number of nitrogens with one attached hydrogen (secondary N) is 1. The highest BCUT2D eigenvalue weighted by Gasteiger charge is 2.30. The molecule has 1 aromatic carbocycles. The van der Waals surface area contributed by atoms with Gasteiger partial charge in [-0.3, -0.25) is 0 Å². The predicted molar refractivity (Wildman–Crippen MR) is 66.6 cm³/mol. The number of benzene rings is 1. The molecule has 0 heterocycles. The van der Waals surface area contributed by atoms with E-state index in [4.69, 9.17) is 0 Å². The Labute approximate surface area is 110 Å². The van der Waals surface area contributed by atoms with Crippen molar-refractivity contribution in [2.75, 3.05) is 12.3 Å². The summed E-state index contributed by atoms with van der Waals surface area (Å²) in [5.74, 6) is -0.147. The Morgan fingerprint density at radius 2 is 1.74 bits per heavy atom. The van der Waals surface area contributed by atoms with Crippen LogP contribution in [-0.2, 0) is 16.0 Å². The highest BCUT2D eigenvalue weighted by molar-refractivity contribution is 7.91. The fourth-order valence-electron chi connectivity index (χ4n) is 1.68. The van der Waals surface area contributed by atoms with Crippen LogP contribution in [0.4, 0.5) is 13.2 Å². The van der Waals surface area contributed by atoms with Gasteiger partial charge in [-0.25, -0.2) is 8.42 Å². The molecule has 0 saturated heterocycles. The van der Waals surface area contributed by atoms with E-state index in [-0.39, 0.29) is 16.7 Å². The van der Waals surface area contributed by atoms with Crippen molar-refractivity contribution in [3.8, 4) is 0 Å². The summed E-state index contributed by atoms with van der Waals surface area (Å²) in [7, 11) is -3.57. The van der Waals surface area contributed by atoms with Gasteiger partial charge in [0.1, 0.15) is 0 Å². The van der Waals surface area contributed by atoms with E-state index in [2.05, 4.69) is 5.32 Å². The minimum absolute atomic E-state index is 0.0924. The fraction of sp³-hybridized carbons (Fsp3) is 0.500. The van der Waals surface area contributed by atoms with Crippen molar-refractivity contribution in [2.45, 2.75) is 31.0 Å². The first-order valence-electron chi connectivity index (χ1n) is 5.80. The Morgan fingerprint density at radius 3 is 2.16 bits per heavy atom. The van der Waals surface area contributed by atoms with Gasteiger partial charge in [-0.05, 0) is 37.7 Å². The first-order valence-corrected chi connectivity index (χ1v) is 7.45. The molecule has 1 atom stereocenters. The molecule has 7 heteroatoms. The lowest BCUT2D eigenvalue weighted by Gasteiger charge is -2.13. The molecule has 0 saturated carbocycles. The number of rotatable bonds is 5. The standard InChI is InChI=1S/C12H16F3NO2S/c1-3-16-9(2)8-19(17,18)11-6-4-10(5-7-11)12(13,14)15/h4-7,9,16H,3,8H2,1-2H3. The molecule has 1 rings (SSSR count). The van der Waals surface area contributed by atoms with Crippen LogP contribution in [-0.4, -0.2) is 26.8 Å². The fourth-order valence-corrected chi connectivity index (χ4v) is 3.20. The predicted octanol–water partition coefficient (Wildman–Crippen LogP) is 2.48. The number of halogens is 3. The lowest BCUT2D eigenvalue weighted by molar-refractivity contribution is -0.137. The number of alkyl halides is 3. The third kappa shape index (κ3) is 4.50. The van der Waals surface area contributed by atoms with Gasteiger partial charge >= 0.3 is 6.18 Å². The molecule has 3 nitrogen and oxygen atoms in total. The molecule has 1 aromatic rings. The Kier molecular flexibility index (Phi) is 4.98. The van der Waals surface area contributed by atoms with E-state index in [1.165, 1.54) is 0 Å². The average Bonchev–Trinajstić information content (AvgIpc) is 2.27. The van der Waals surface area contributed by atoms with Crippen LogP contribution in [0.3, 0.4) is 0 Å². The molecule has 0 aromatic heterocycles. The van der Waals surface area contributed by atoms with Gasteiger partial charge in [-0.1, -0.05) is 6.92 Å². The van der Waals surface area contributed by atoms with E-state index < -0.39 is 21.6 Å². The van der Waals surface area contributed by atoms with E-state index in [1.54, 1.807) is 6.92 Å². The van der Waals surface area contributed by atoms with Crippen LogP contribution < -0.4 is 5.32 Å². The van der Waals surface area contributed by atoms with Gasteiger partial charge in [-0.2, -0.15) is 13.2 Å². The Bertz CT molecular complexity index is 509. The highest BCUT2D eigenvalue weighted by atomic mass is 32.2. The molecule has 108 valence electrons. The summed E-state index contributed by atoms with van der Waals surface area (Å²) in [6.07, 6.45) is -4.46. The summed E-state index contributed by atoms with van der Waals surface area (Å²) in [6.45, 7) is 4.19. The van der Waals surface area contributed by atoms with Crippen molar-refractivity contribution in [1.82, 2.24) is 5.32 Å². The van der Waals surface area contributed by atoms with Gasteiger partial charge in [0.2, 0.25) is 0 Å². The minimum atomic E-state index is -4.46. The summed E-state index contributed by atoms with van der Waals surface area (Å²) < 4.78 is 61.0. The summed E-state index contributed by atoms with van der Waals surface area (Å²) in [5.41, 5.74) is -0.855. The van der Waals surface area contributed by atoms with Crippen LogP contribution in [0.15, 0.2) is 29.2 Å². The molecule has 19 heavy (non-hydrogen) atoms. The molecule has 0 aliphatic heterocycles. The smallest absolute Gasteiger partial charge is 0.314 e. The van der Waals surface area contributed by atoms with Crippen molar-refractivity contribution in [3.05, 3.63) is 29.8 Å².